The SMILES string of the molecule is O=S(=O)(O)CCN1CCNC(O)C1. The van der Waals surface area contributed by atoms with Crippen LogP contribution in [0, 0.1) is 0 Å². The van der Waals surface area contributed by atoms with Crippen molar-refractivity contribution in [3.8, 4) is 0 Å². The molecule has 1 aliphatic rings. The summed E-state index contributed by atoms with van der Waals surface area (Å²) in [5.74, 6) is -0.278. The van der Waals surface area contributed by atoms with Crippen molar-refractivity contribution in [2.75, 3.05) is 31.9 Å². The number of nitrogens with zero attached hydrogens (tertiary/aromatic N) is 1. The molecule has 1 unspecified atom stereocenters. The molecule has 0 aromatic heterocycles. The molecule has 0 aliphatic carbocycles. The van der Waals surface area contributed by atoms with Crippen molar-refractivity contribution in [2.45, 2.75) is 6.23 Å². The average molecular weight is 210 g/mol. The smallest absolute Gasteiger partial charge is 0.266 e. The van der Waals surface area contributed by atoms with Crippen molar-refractivity contribution < 1.29 is 18.1 Å². The highest BCUT2D eigenvalue weighted by molar-refractivity contribution is 7.85. The van der Waals surface area contributed by atoms with Gasteiger partial charge in [-0.25, -0.2) is 0 Å². The topological polar surface area (TPSA) is 89.9 Å². The van der Waals surface area contributed by atoms with Gasteiger partial charge in [0, 0.05) is 26.2 Å². The Hall–Kier alpha value is -0.210. The fourth-order valence-electron chi connectivity index (χ4n) is 1.24. The normalized spacial score (nSPS) is 26.2. The van der Waals surface area contributed by atoms with E-state index in [1.54, 1.807) is 4.90 Å². The number of aliphatic hydroxyl groups excluding tert-OH is 1. The Morgan fingerprint density at radius 2 is 2.23 bits per heavy atom. The number of aliphatic hydroxyl groups is 1. The minimum atomic E-state index is -3.88. The number of piperazine rings is 1. The maximum Gasteiger partial charge on any atom is 0.266 e. The van der Waals surface area contributed by atoms with E-state index in [2.05, 4.69) is 5.32 Å². The number of hydrogen-bond donors (Lipinski definition) is 3. The molecule has 0 aromatic rings. The Bertz CT molecular complexity index is 253. The van der Waals surface area contributed by atoms with Crippen LogP contribution < -0.4 is 5.32 Å². The van der Waals surface area contributed by atoms with Gasteiger partial charge in [0.05, 0.1) is 5.75 Å². The predicted octanol–water partition coefficient (Wildman–Crippen LogP) is -1.90. The van der Waals surface area contributed by atoms with Gasteiger partial charge in [-0.05, 0) is 0 Å². The van der Waals surface area contributed by atoms with Crippen molar-refractivity contribution in [3.05, 3.63) is 0 Å². The molecule has 0 bridgehead atoms. The van der Waals surface area contributed by atoms with E-state index in [1.807, 2.05) is 0 Å². The minimum Gasteiger partial charge on any atom is -0.377 e. The lowest BCUT2D eigenvalue weighted by Crippen LogP contribution is -2.51. The van der Waals surface area contributed by atoms with E-state index in [4.69, 9.17) is 9.66 Å². The highest BCUT2D eigenvalue weighted by Gasteiger charge is 2.18. The monoisotopic (exact) mass is 210 g/mol. The van der Waals surface area contributed by atoms with E-state index in [0.717, 1.165) is 0 Å². The Morgan fingerprint density at radius 3 is 2.77 bits per heavy atom. The first kappa shape index (κ1) is 10.9. The summed E-state index contributed by atoms with van der Waals surface area (Å²) < 4.78 is 29.3. The summed E-state index contributed by atoms with van der Waals surface area (Å²) in [5.41, 5.74) is 0. The summed E-state index contributed by atoms with van der Waals surface area (Å²) in [5, 5.41) is 12.0. The Kier molecular flexibility index (Phi) is 3.63. The highest BCUT2D eigenvalue weighted by atomic mass is 32.2. The number of β-amino-alcohol motifs (C(OH)–C–C–N with tert-alkyl or cyclic N) is 1. The molecule has 0 aromatic carbocycles. The maximum atomic E-state index is 10.4. The molecule has 0 spiro atoms. The van der Waals surface area contributed by atoms with Crippen LogP contribution in [0.5, 0.6) is 0 Å². The molecule has 7 heteroatoms. The summed E-state index contributed by atoms with van der Waals surface area (Å²) in [6, 6.07) is 0. The predicted molar refractivity (Wildman–Crippen MR) is 46.9 cm³/mol. The van der Waals surface area contributed by atoms with Crippen LogP contribution in [0.15, 0.2) is 0 Å². The second-order valence-corrected chi connectivity index (χ2v) is 4.63. The van der Waals surface area contributed by atoms with Crippen LogP contribution in [-0.4, -0.2) is 61.1 Å². The summed E-state index contributed by atoms with van der Waals surface area (Å²) in [6.07, 6.45) is -0.602. The third-order valence-electron chi connectivity index (χ3n) is 1.90. The van der Waals surface area contributed by atoms with Gasteiger partial charge in [0.25, 0.3) is 10.1 Å². The second kappa shape index (κ2) is 4.34. The zero-order valence-electron chi connectivity index (χ0n) is 7.18. The molecule has 3 N–H and O–H groups in total. The summed E-state index contributed by atoms with van der Waals surface area (Å²) in [6.45, 7) is 1.98. The molecule has 0 radical (unpaired) electrons. The molecule has 0 amide bonds. The molecular weight excluding hydrogens is 196 g/mol. The van der Waals surface area contributed by atoms with Crippen molar-refractivity contribution in [1.82, 2.24) is 10.2 Å². The zero-order valence-corrected chi connectivity index (χ0v) is 8.00. The van der Waals surface area contributed by atoms with Crippen LogP contribution in [-0.2, 0) is 10.1 Å². The quantitative estimate of drug-likeness (QED) is 0.471. The number of hydrogen-bond acceptors (Lipinski definition) is 5. The van der Waals surface area contributed by atoms with E-state index in [1.165, 1.54) is 0 Å². The zero-order chi connectivity index (χ0) is 9.90. The Morgan fingerprint density at radius 1 is 1.54 bits per heavy atom. The van der Waals surface area contributed by atoms with Crippen LogP contribution in [0.25, 0.3) is 0 Å². The third-order valence-corrected chi connectivity index (χ3v) is 2.60. The lowest BCUT2D eigenvalue weighted by Gasteiger charge is -2.30. The van der Waals surface area contributed by atoms with E-state index in [0.29, 0.717) is 19.6 Å². The lowest BCUT2D eigenvalue weighted by atomic mass is 10.3. The molecular formula is C6H14N2O4S. The fraction of sp³-hybridized carbons (Fsp3) is 1.00. The largest absolute Gasteiger partial charge is 0.377 e. The fourth-order valence-corrected chi connectivity index (χ4v) is 1.73. The van der Waals surface area contributed by atoms with Gasteiger partial charge < -0.3 is 5.11 Å². The molecule has 0 saturated carbocycles. The summed E-state index contributed by atoms with van der Waals surface area (Å²) in [4.78, 5) is 1.79. The Labute approximate surface area is 77.3 Å². The summed E-state index contributed by atoms with van der Waals surface area (Å²) >= 11 is 0. The first-order chi connectivity index (χ1) is 5.97. The lowest BCUT2D eigenvalue weighted by molar-refractivity contribution is 0.0574. The van der Waals surface area contributed by atoms with Gasteiger partial charge in [0.2, 0.25) is 0 Å². The molecule has 1 rings (SSSR count). The van der Waals surface area contributed by atoms with E-state index in [9.17, 15) is 8.42 Å². The third kappa shape index (κ3) is 4.53. The van der Waals surface area contributed by atoms with Crippen LogP contribution >= 0.6 is 0 Å². The van der Waals surface area contributed by atoms with Gasteiger partial charge in [-0.15, -0.1) is 0 Å². The van der Waals surface area contributed by atoms with Crippen LogP contribution in [0.4, 0.5) is 0 Å². The van der Waals surface area contributed by atoms with Crippen LogP contribution in [0.1, 0.15) is 0 Å². The van der Waals surface area contributed by atoms with Gasteiger partial charge in [0.1, 0.15) is 6.23 Å². The maximum absolute atomic E-state index is 10.4. The molecule has 6 nitrogen and oxygen atoms in total. The van der Waals surface area contributed by atoms with Crippen molar-refractivity contribution >= 4 is 10.1 Å². The number of nitrogens with one attached hydrogen (secondary N) is 1. The molecule has 1 heterocycles. The van der Waals surface area contributed by atoms with E-state index >= 15 is 0 Å². The van der Waals surface area contributed by atoms with Crippen molar-refractivity contribution in [1.29, 1.82) is 0 Å². The molecule has 78 valence electrons. The average Bonchev–Trinajstić information content (AvgIpc) is 2.00. The van der Waals surface area contributed by atoms with Gasteiger partial charge in [-0.2, -0.15) is 8.42 Å². The van der Waals surface area contributed by atoms with E-state index in [-0.39, 0.29) is 12.3 Å². The van der Waals surface area contributed by atoms with Gasteiger partial charge >= 0.3 is 0 Å². The van der Waals surface area contributed by atoms with Crippen molar-refractivity contribution in [2.24, 2.45) is 0 Å². The second-order valence-electron chi connectivity index (χ2n) is 3.06. The minimum absolute atomic E-state index is 0.261. The van der Waals surface area contributed by atoms with Gasteiger partial charge in [-0.3, -0.25) is 14.8 Å². The van der Waals surface area contributed by atoms with Crippen LogP contribution in [0.3, 0.4) is 0 Å². The molecule has 1 aliphatic heterocycles. The standard InChI is InChI=1S/C6H14N2O4S/c9-6-5-8(2-1-7-6)3-4-13(10,11)12/h6-7,9H,1-5H2,(H,10,11,12). The molecule has 1 atom stereocenters. The first-order valence-electron chi connectivity index (χ1n) is 4.06. The highest BCUT2D eigenvalue weighted by Crippen LogP contribution is 1.97. The van der Waals surface area contributed by atoms with Crippen LogP contribution in [0.2, 0.25) is 0 Å². The number of rotatable bonds is 3. The molecule has 13 heavy (non-hydrogen) atoms. The molecule has 1 fully saturated rings. The van der Waals surface area contributed by atoms with Gasteiger partial charge in [-0.1, -0.05) is 0 Å². The molecule has 1 saturated heterocycles. The Balaban J connectivity index is 2.29. The summed E-state index contributed by atoms with van der Waals surface area (Å²) in [7, 11) is -3.88. The first-order valence-corrected chi connectivity index (χ1v) is 5.67. The van der Waals surface area contributed by atoms with Crippen molar-refractivity contribution in [3.63, 3.8) is 0 Å². The van der Waals surface area contributed by atoms with E-state index < -0.39 is 16.3 Å². The van der Waals surface area contributed by atoms with Gasteiger partial charge in [0.15, 0.2) is 0 Å².